The van der Waals surface area contributed by atoms with Crippen molar-refractivity contribution in [2.24, 2.45) is 0 Å². The van der Waals surface area contributed by atoms with Crippen LogP contribution in [0.4, 0.5) is 8.78 Å². The van der Waals surface area contributed by atoms with Crippen molar-refractivity contribution in [2.75, 3.05) is 7.05 Å². The van der Waals surface area contributed by atoms with E-state index in [1.54, 1.807) is 13.2 Å². The van der Waals surface area contributed by atoms with Gasteiger partial charge >= 0.3 is 0 Å². The number of aryl methyl sites for hydroxylation is 1. The van der Waals surface area contributed by atoms with E-state index in [1.165, 1.54) is 23.5 Å². The smallest absolute Gasteiger partial charge is 0.126 e. The molecule has 0 saturated heterocycles. The number of hydrogen-bond acceptors (Lipinski definition) is 3. The van der Waals surface area contributed by atoms with Crippen LogP contribution in [0.3, 0.4) is 0 Å². The van der Waals surface area contributed by atoms with Gasteiger partial charge in [-0.25, -0.2) is 13.8 Å². The standard InChI is InChI=1S/C12H12F2N2S/c1-7-16-6-11(17-7)12(15-2)8-3-9(13)5-10(14)4-8/h3-6,12,15H,1-2H3. The summed E-state index contributed by atoms with van der Waals surface area (Å²) in [6, 6.07) is 3.30. The fraction of sp³-hybridized carbons (Fsp3) is 0.250. The van der Waals surface area contributed by atoms with E-state index in [-0.39, 0.29) is 6.04 Å². The van der Waals surface area contributed by atoms with Crippen molar-refractivity contribution in [3.05, 3.63) is 51.5 Å². The lowest BCUT2D eigenvalue weighted by atomic mass is 10.1. The number of halogens is 2. The van der Waals surface area contributed by atoms with E-state index in [1.807, 2.05) is 6.92 Å². The van der Waals surface area contributed by atoms with E-state index in [4.69, 9.17) is 0 Å². The Kier molecular flexibility index (Phi) is 3.49. The predicted molar refractivity (Wildman–Crippen MR) is 64.1 cm³/mol. The van der Waals surface area contributed by atoms with Gasteiger partial charge in [-0.15, -0.1) is 11.3 Å². The minimum atomic E-state index is -0.568. The molecule has 0 saturated carbocycles. The first-order valence-electron chi connectivity index (χ1n) is 5.15. The zero-order valence-corrected chi connectivity index (χ0v) is 10.3. The zero-order chi connectivity index (χ0) is 12.4. The molecule has 0 aliphatic heterocycles. The lowest BCUT2D eigenvalue weighted by Gasteiger charge is -2.14. The molecular weight excluding hydrogens is 242 g/mol. The number of aromatic nitrogens is 1. The van der Waals surface area contributed by atoms with Crippen LogP contribution >= 0.6 is 11.3 Å². The number of benzene rings is 1. The van der Waals surface area contributed by atoms with Crippen molar-refractivity contribution in [3.8, 4) is 0 Å². The maximum Gasteiger partial charge on any atom is 0.126 e. The summed E-state index contributed by atoms with van der Waals surface area (Å²) in [6.45, 7) is 1.90. The van der Waals surface area contributed by atoms with Crippen molar-refractivity contribution >= 4 is 11.3 Å². The molecule has 0 spiro atoms. The Bertz CT molecular complexity index is 505. The molecule has 1 atom stereocenters. The zero-order valence-electron chi connectivity index (χ0n) is 9.50. The van der Waals surface area contributed by atoms with Gasteiger partial charge in [-0.05, 0) is 31.7 Å². The normalized spacial score (nSPS) is 12.7. The van der Waals surface area contributed by atoms with Gasteiger partial charge in [0, 0.05) is 17.1 Å². The van der Waals surface area contributed by atoms with Gasteiger partial charge < -0.3 is 5.32 Å². The van der Waals surface area contributed by atoms with Crippen LogP contribution in [0.15, 0.2) is 24.4 Å². The average Bonchev–Trinajstić information content (AvgIpc) is 2.64. The molecular formula is C12H12F2N2S. The molecule has 0 aliphatic rings. The Morgan fingerprint density at radius 3 is 2.35 bits per heavy atom. The van der Waals surface area contributed by atoms with E-state index in [0.29, 0.717) is 5.56 Å². The maximum absolute atomic E-state index is 13.2. The Labute approximate surface area is 102 Å². The van der Waals surface area contributed by atoms with E-state index in [9.17, 15) is 8.78 Å². The molecule has 0 radical (unpaired) electrons. The minimum absolute atomic E-state index is 0.230. The van der Waals surface area contributed by atoms with E-state index in [2.05, 4.69) is 10.3 Å². The SMILES string of the molecule is CNC(c1cc(F)cc(F)c1)c1cnc(C)s1. The highest BCUT2D eigenvalue weighted by Crippen LogP contribution is 2.27. The fourth-order valence-electron chi connectivity index (χ4n) is 1.73. The Morgan fingerprint density at radius 2 is 1.88 bits per heavy atom. The maximum atomic E-state index is 13.2. The van der Waals surface area contributed by atoms with Gasteiger partial charge in [-0.1, -0.05) is 0 Å². The van der Waals surface area contributed by atoms with Gasteiger partial charge in [-0.3, -0.25) is 0 Å². The number of rotatable bonds is 3. The van der Waals surface area contributed by atoms with Gasteiger partial charge in [0.25, 0.3) is 0 Å². The predicted octanol–water partition coefficient (Wildman–Crippen LogP) is 3.04. The highest BCUT2D eigenvalue weighted by atomic mass is 32.1. The summed E-state index contributed by atoms with van der Waals surface area (Å²) in [7, 11) is 1.75. The van der Waals surface area contributed by atoms with Crippen LogP contribution in [-0.2, 0) is 0 Å². The molecule has 1 N–H and O–H groups in total. The second-order valence-corrected chi connectivity index (χ2v) is 4.97. The molecule has 1 aromatic carbocycles. The molecule has 2 aromatic rings. The molecule has 2 rings (SSSR count). The lowest BCUT2D eigenvalue weighted by Crippen LogP contribution is -2.16. The van der Waals surface area contributed by atoms with Gasteiger partial charge in [-0.2, -0.15) is 0 Å². The van der Waals surface area contributed by atoms with Crippen molar-refractivity contribution in [1.29, 1.82) is 0 Å². The highest BCUT2D eigenvalue weighted by molar-refractivity contribution is 7.11. The quantitative estimate of drug-likeness (QED) is 0.910. The van der Waals surface area contributed by atoms with Crippen LogP contribution in [0.25, 0.3) is 0 Å². The second-order valence-electron chi connectivity index (χ2n) is 3.71. The first-order chi connectivity index (χ1) is 8.10. The van der Waals surface area contributed by atoms with E-state index in [0.717, 1.165) is 16.0 Å². The van der Waals surface area contributed by atoms with Crippen LogP contribution in [0.1, 0.15) is 21.5 Å². The molecule has 0 aliphatic carbocycles. The molecule has 0 bridgehead atoms. The molecule has 1 heterocycles. The first kappa shape index (κ1) is 12.1. The van der Waals surface area contributed by atoms with Crippen LogP contribution < -0.4 is 5.32 Å². The Hall–Kier alpha value is -1.33. The van der Waals surface area contributed by atoms with Crippen molar-refractivity contribution < 1.29 is 8.78 Å². The van der Waals surface area contributed by atoms with Crippen LogP contribution in [-0.4, -0.2) is 12.0 Å². The van der Waals surface area contributed by atoms with Crippen molar-refractivity contribution in [1.82, 2.24) is 10.3 Å². The van der Waals surface area contributed by atoms with Crippen molar-refractivity contribution in [3.63, 3.8) is 0 Å². The number of nitrogens with zero attached hydrogens (tertiary/aromatic N) is 1. The fourth-order valence-corrected chi connectivity index (χ4v) is 2.65. The van der Waals surface area contributed by atoms with Crippen LogP contribution in [0.5, 0.6) is 0 Å². The monoisotopic (exact) mass is 254 g/mol. The number of thiazole rings is 1. The van der Waals surface area contributed by atoms with Crippen molar-refractivity contribution in [2.45, 2.75) is 13.0 Å². The number of hydrogen-bond donors (Lipinski definition) is 1. The van der Waals surface area contributed by atoms with Gasteiger partial charge in [0.2, 0.25) is 0 Å². The third-order valence-electron chi connectivity index (χ3n) is 2.43. The van der Waals surface area contributed by atoms with Gasteiger partial charge in [0.15, 0.2) is 0 Å². The molecule has 1 unspecified atom stereocenters. The molecule has 90 valence electrons. The van der Waals surface area contributed by atoms with E-state index >= 15 is 0 Å². The molecule has 0 amide bonds. The molecule has 17 heavy (non-hydrogen) atoms. The van der Waals surface area contributed by atoms with Gasteiger partial charge in [0.05, 0.1) is 11.0 Å². The topological polar surface area (TPSA) is 24.9 Å². The summed E-state index contributed by atoms with van der Waals surface area (Å²) in [6.07, 6.45) is 1.73. The van der Waals surface area contributed by atoms with Crippen LogP contribution in [0.2, 0.25) is 0 Å². The highest BCUT2D eigenvalue weighted by Gasteiger charge is 2.16. The van der Waals surface area contributed by atoms with Gasteiger partial charge in [0.1, 0.15) is 11.6 Å². The average molecular weight is 254 g/mol. The largest absolute Gasteiger partial charge is 0.309 e. The molecule has 2 nitrogen and oxygen atoms in total. The molecule has 1 aromatic heterocycles. The minimum Gasteiger partial charge on any atom is -0.309 e. The molecule has 5 heteroatoms. The summed E-state index contributed by atoms with van der Waals surface area (Å²) in [5.41, 5.74) is 0.564. The third kappa shape index (κ3) is 2.68. The summed E-state index contributed by atoms with van der Waals surface area (Å²) < 4.78 is 26.3. The first-order valence-corrected chi connectivity index (χ1v) is 5.97. The van der Waals surface area contributed by atoms with Crippen LogP contribution in [0, 0.1) is 18.6 Å². The third-order valence-corrected chi connectivity index (χ3v) is 3.41. The lowest BCUT2D eigenvalue weighted by molar-refractivity contribution is 0.572. The summed E-state index contributed by atoms with van der Waals surface area (Å²) in [5.74, 6) is -1.14. The summed E-state index contributed by atoms with van der Waals surface area (Å²) in [5, 5.41) is 3.97. The summed E-state index contributed by atoms with van der Waals surface area (Å²) >= 11 is 1.51. The Balaban J connectivity index is 2.41. The van der Waals surface area contributed by atoms with E-state index < -0.39 is 11.6 Å². The Morgan fingerprint density at radius 1 is 1.24 bits per heavy atom. The molecule has 0 fully saturated rings. The summed E-state index contributed by atoms with van der Waals surface area (Å²) in [4.78, 5) is 5.09. The number of nitrogens with one attached hydrogen (secondary N) is 1. The second kappa shape index (κ2) is 4.89.